The van der Waals surface area contributed by atoms with Gasteiger partial charge in [-0.3, -0.25) is 0 Å². The molecule has 77 heavy (non-hydrogen) atoms. The zero-order chi connectivity index (χ0) is 51.8. The molecule has 0 spiro atoms. The molecule has 0 saturated carbocycles. The van der Waals surface area contributed by atoms with Crippen LogP contribution in [0.3, 0.4) is 0 Å². The molecule has 370 valence electrons. The fraction of sp³-hybridized carbons (Fsp3) is 0.151. The Hall–Kier alpha value is -8.86. The highest BCUT2D eigenvalue weighted by atomic mass is 16.3. The Morgan fingerprint density at radius 3 is 1.65 bits per heavy atom. The van der Waals surface area contributed by atoms with E-state index in [4.69, 9.17) is 8.83 Å². The molecule has 3 heterocycles. The summed E-state index contributed by atoms with van der Waals surface area (Å²) in [5.41, 5.74) is 24.7. The number of benzene rings is 11. The second-order valence-corrected chi connectivity index (χ2v) is 23.4. The van der Waals surface area contributed by atoms with Crippen molar-refractivity contribution in [3.63, 3.8) is 0 Å². The van der Waals surface area contributed by atoms with Crippen LogP contribution in [0.1, 0.15) is 99.2 Å². The Balaban J connectivity index is 0.798. The van der Waals surface area contributed by atoms with Gasteiger partial charge in [0.2, 0.25) is 0 Å². The van der Waals surface area contributed by atoms with Gasteiger partial charge in [-0.2, -0.15) is 0 Å². The van der Waals surface area contributed by atoms with E-state index in [2.05, 4.69) is 258 Å². The fourth-order valence-corrected chi connectivity index (χ4v) is 14.2. The molecule has 4 heteroatoms. The molecule has 3 aliphatic rings. The minimum atomic E-state index is -0.268. The lowest BCUT2D eigenvalue weighted by Gasteiger charge is -2.42. The van der Waals surface area contributed by atoms with Crippen molar-refractivity contribution in [1.82, 2.24) is 0 Å². The summed E-state index contributed by atoms with van der Waals surface area (Å²) in [5, 5.41) is 8.95. The van der Waals surface area contributed by atoms with Gasteiger partial charge in [0, 0.05) is 55.5 Å². The summed E-state index contributed by atoms with van der Waals surface area (Å²) < 4.78 is 13.6. The summed E-state index contributed by atoms with van der Waals surface area (Å²) in [5.74, 6) is 0.858. The second kappa shape index (κ2) is 15.6. The molecule has 16 rings (SSSR count). The predicted molar refractivity (Wildman–Crippen MR) is 322 cm³/mol. The number of rotatable bonds is 6. The van der Waals surface area contributed by atoms with Gasteiger partial charge in [0.05, 0.1) is 17.1 Å². The molecule has 2 aliphatic carbocycles. The summed E-state index contributed by atoms with van der Waals surface area (Å²) in [6.07, 6.45) is 0. The predicted octanol–water partition coefficient (Wildman–Crippen LogP) is 20.9. The molecular formula is C73H56N2O2. The van der Waals surface area contributed by atoms with Gasteiger partial charge in [-0.15, -0.1) is 0 Å². The molecule has 11 aromatic carbocycles. The first kappa shape index (κ1) is 44.4. The van der Waals surface area contributed by atoms with Crippen LogP contribution in [0.4, 0.5) is 34.1 Å². The van der Waals surface area contributed by atoms with Gasteiger partial charge in [0.15, 0.2) is 0 Å². The van der Waals surface area contributed by atoms with Gasteiger partial charge < -0.3 is 18.6 Å². The lowest BCUT2D eigenvalue weighted by atomic mass is 9.70. The second-order valence-electron chi connectivity index (χ2n) is 23.4. The Labute approximate surface area is 448 Å². The van der Waals surface area contributed by atoms with Gasteiger partial charge in [0.25, 0.3) is 0 Å². The summed E-state index contributed by atoms with van der Waals surface area (Å²) in [4.78, 5) is 4.95. The molecule has 13 aromatic rings. The maximum absolute atomic E-state index is 6.80. The van der Waals surface area contributed by atoms with Crippen LogP contribution in [0.5, 0.6) is 0 Å². The van der Waals surface area contributed by atoms with E-state index in [1.807, 2.05) is 0 Å². The van der Waals surface area contributed by atoms with E-state index >= 15 is 0 Å². The lowest BCUT2D eigenvalue weighted by molar-refractivity contribution is 0.656. The summed E-state index contributed by atoms with van der Waals surface area (Å²) in [6.45, 7) is 16.3. The molecule has 0 amide bonds. The fourth-order valence-electron chi connectivity index (χ4n) is 14.2. The van der Waals surface area contributed by atoms with Crippen LogP contribution in [0.25, 0.3) is 87.7 Å². The van der Waals surface area contributed by atoms with Gasteiger partial charge >= 0.3 is 0 Å². The molecule has 1 unspecified atom stereocenters. The van der Waals surface area contributed by atoms with Gasteiger partial charge in [0.1, 0.15) is 22.3 Å². The van der Waals surface area contributed by atoms with Crippen LogP contribution < -0.4 is 9.80 Å². The van der Waals surface area contributed by atoms with Crippen LogP contribution in [-0.2, 0) is 10.8 Å². The quantitative estimate of drug-likeness (QED) is 0.166. The van der Waals surface area contributed by atoms with Crippen molar-refractivity contribution in [3.05, 3.63) is 239 Å². The molecule has 1 atom stereocenters. The number of hydrogen-bond donors (Lipinski definition) is 0. The van der Waals surface area contributed by atoms with Crippen molar-refractivity contribution in [1.29, 1.82) is 0 Å². The standard InChI is InChI=1S/C73H56N2O2/c1-41(2)43-22-27-49(28-23-43)74(64-20-12-16-54-52-14-8-10-18-60(52)72(5,6)70(54)64)50-29-24-45-34-56-58-39-59-57-35-46-25-30-51(33-48(46)38-67(57)77-69(59)40-68(58)76-66(56)37-47(45)32-50)75-63-31-26-44(42(3)4)36-62(63)73(7)61-19-11-9-15-53(61)55-17-13-21-65(75)71(55)73/h8-42H,1-7H3. The molecule has 0 saturated heterocycles. The van der Waals surface area contributed by atoms with E-state index in [0.717, 1.165) is 77.1 Å². The Bertz CT molecular complexity index is 4700. The lowest BCUT2D eigenvalue weighted by Crippen LogP contribution is -2.32. The van der Waals surface area contributed by atoms with E-state index in [-0.39, 0.29) is 10.8 Å². The van der Waals surface area contributed by atoms with Crippen molar-refractivity contribution in [2.75, 3.05) is 9.80 Å². The Morgan fingerprint density at radius 2 is 0.948 bits per heavy atom. The normalized spacial score (nSPS) is 15.8. The molecule has 0 N–H and O–H groups in total. The van der Waals surface area contributed by atoms with Crippen molar-refractivity contribution in [2.24, 2.45) is 0 Å². The maximum atomic E-state index is 6.80. The van der Waals surface area contributed by atoms with E-state index in [1.165, 1.54) is 83.6 Å². The van der Waals surface area contributed by atoms with E-state index in [0.29, 0.717) is 11.8 Å². The minimum absolute atomic E-state index is 0.184. The zero-order valence-electron chi connectivity index (χ0n) is 44.4. The molecule has 0 radical (unpaired) electrons. The largest absolute Gasteiger partial charge is 0.456 e. The average molecular weight is 993 g/mol. The Morgan fingerprint density at radius 1 is 0.390 bits per heavy atom. The SMILES string of the molecule is CC(C)c1ccc(N(c2ccc3cc4c(cc3c2)oc2cc3oc5cc6cc(N7c8ccc(C(C)C)cc8C8(C)c9ccccc9-c9cccc7c98)ccc6cc5c3cc24)c2cccc3c2C(C)(C)c2ccccc2-3)cc1. The smallest absolute Gasteiger partial charge is 0.139 e. The van der Waals surface area contributed by atoms with Crippen molar-refractivity contribution in [3.8, 4) is 22.3 Å². The van der Waals surface area contributed by atoms with Crippen LogP contribution in [0.15, 0.2) is 209 Å². The molecule has 1 aliphatic heterocycles. The highest BCUT2D eigenvalue weighted by molar-refractivity contribution is 6.19. The molecular weight excluding hydrogens is 937 g/mol. The first-order valence-electron chi connectivity index (χ1n) is 27.4. The number of hydrogen-bond acceptors (Lipinski definition) is 4. The van der Waals surface area contributed by atoms with Crippen LogP contribution in [-0.4, -0.2) is 0 Å². The molecule has 4 nitrogen and oxygen atoms in total. The number of fused-ring (bicyclic) bond motifs is 16. The monoisotopic (exact) mass is 992 g/mol. The number of furan rings is 2. The first-order valence-corrected chi connectivity index (χ1v) is 27.4. The summed E-state index contributed by atoms with van der Waals surface area (Å²) in [7, 11) is 0. The van der Waals surface area contributed by atoms with E-state index in [1.54, 1.807) is 0 Å². The third kappa shape index (κ3) is 6.10. The van der Waals surface area contributed by atoms with Crippen molar-refractivity contribution < 1.29 is 8.83 Å². The molecule has 0 bridgehead atoms. The highest BCUT2D eigenvalue weighted by Gasteiger charge is 2.48. The van der Waals surface area contributed by atoms with Crippen molar-refractivity contribution in [2.45, 2.75) is 71.1 Å². The third-order valence-corrected chi connectivity index (χ3v) is 18.1. The van der Waals surface area contributed by atoms with Gasteiger partial charge in [-0.1, -0.05) is 151 Å². The van der Waals surface area contributed by atoms with Crippen molar-refractivity contribution >= 4 is 99.5 Å². The number of anilines is 6. The van der Waals surface area contributed by atoms with Crippen LogP contribution in [0.2, 0.25) is 0 Å². The highest BCUT2D eigenvalue weighted by Crippen LogP contribution is 2.63. The Kier molecular flexibility index (Phi) is 9.01. The summed E-state index contributed by atoms with van der Waals surface area (Å²) >= 11 is 0. The van der Waals surface area contributed by atoms with Crippen LogP contribution in [0, 0.1) is 0 Å². The van der Waals surface area contributed by atoms with Gasteiger partial charge in [-0.25, -0.2) is 0 Å². The van der Waals surface area contributed by atoms with E-state index in [9.17, 15) is 0 Å². The molecule has 2 aromatic heterocycles. The van der Waals surface area contributed by atoms with Gasteiger partial charge in [-0.05, 0) is 186 Å². The van der Waals surface area contributed by atoms with E-state index < -0.39 is 0 Å². The summed E-state index contributed by atoms with van der Waals surface area (Å²) in [6, 6.07) is 75.1. The molecule has 0 fully saturated rings. The maximum Gasteiger partial charge on any atom is 0.139 e. The minimum Gasteiger partial charge on any atom is -0.456 e. The zero-order valence-corrected chi connectivity index (χ0v) is 44.4. The number of nitrogens with zero attached hydrogens (tertiary/aromatic N) is 2. The third-order valence-electron chi connectivity index (χ3n) is 18.1. The first-order chi connectivity index (χ1) is 37.4. The topological polar surface area (TPSA) is 32.8 Å². The average Bonchev–Trinajstić information content (AvgIpc) is 4.27. The van der Waals surface area contributed by atoms with Crippen LogP contribution >= 0.6 is 0 Å².